The van der Waals surface area contributed by atoms with Gasteiger partial charge in [-0.2, -0.15) is 0 Å². The number of H-pyrrole nitrogens is 1. The molecule has 2 aromatic rings. The number of nitrogens with zero attached hydrogens (tertiary/aromatic N) is 1. The minimum absolute atomic E-state index is 0.113. The Kier molecular flexibility index (Phi) is 3.16. The summed E-state index contributed by atoms with van der Waals surface area (Å²) in [6.45, 7) is 2.32. The Morgan fingerprint density at radius 2 is 1.96 bits per heavy atom. The molecule has 4 rings (SSSR count). The summed E-state index contributed by atoms with van der Waals surface area (Å²) in [5, 5.41) is 3.07. The third kappa shape index (κ3) is 1.94. The van der Waals surface area contributed by atoms with Crippen molar-refractivity contribution in [3.05, 3.63) is 73.6 Å². The summed E-state index contributed by atoms with van der Waals surface area (Å²) >= 11 is 0. The van der Waals surface area contributed by atoms with Gasteiger partial charge in [-0.05, 0) is 12.5 Å². The molecule has 2 N–H and O–H groups in total. The topological polar surface area (TPSA) is 93.2 Å². The zero-order valence-electron chi connectivity index (χ0n) is 13.0. The molecule has 2 aliphatic rings. The highest BCUT2D eigenvalue weighted by Crippen LogP contribution is 2.41. The minimum atomic E-state index is -0.561. The van der Waals surface area contributed by atoms with E-state index >= 15 is 0 Å². The van der Waals surface area contributed by atoms with Crippen molar-refractivity contribution in [2.75, 3.05) is 11.9 Å². The van der Waals surface area contributed by atoms with Crippen molar-refractivity contribution < 1.29 is 9.53 Å². The number of esters is 1. The zero-order chi connectivity index (χ0) is 16.8. The van der Waals surface area contributed by atoms with E-state index in [0.29, 0.717) is 29.2 Å². The third-order valence-electron chi connectivity index (χ3n) is 4.42. The number of hydrogen-bond acceptors (Lipinski definition) is 5. The maximum atomic E-state index is 12.5. The number of benzene rings is 1. The lowest BCUT2D eigenvalue weighted by Gasteiger charge is -2.27. The molecule has 0 saturated heterocycles. The Bertz CT molecular complexity index is 985. The van der Waals surface area contributed by atoms with Gasteiger partial charge in [-0.3, -0.25) is 14.3 Å². The van der Waals surface area contributed by atoms with Gasteiger partial charge in [0.1, 0.15) is 12.4 Å². The van der Waals surface area contributed by atoms with Crippen LogP contribution in [0.2, 0.25) is 0 Å². The van der Waals surface area contributed by atoms with Crippen LogP contribution >= 0.6 is 0 Å². The summed E-state index contributed by atoms with van der Waals surface area (Å²) < 4.78 is 6.61. The molecule has 1 aromatic carbocycles. The molecule has 2 aliphatic heterocycles. The lowest BCUT2D eigenvalue weighted by atomic mass is 9.83. The van der Waals surface area contributed by atoms with Gasteiger partial charge in [-0.1, -0.05) is 30.3 Å². The predicted octanol–water partition coefficient (Wildman–Crippen LogP) is 0.925. The first kappa shape index (κ1) is 14.5. The first-order chi connectivity index (χ1) is 11.6. The largest absolute Gasteiger partial charge is 0.456 e. The summed E-state index contributed by atoms with van der Waals surface area (Å²) in [4.78, 5) is 39.2. The molecular formula is C17H15N3O4. The number of nitrogens with one attached hydrogen (secondary N) is 2. The van der Waals surface area contributed by atoms with Crippen molar-refractivity contribution in [1.29, 1.82) is 0 Å². The van der Waals surface area contributed by atoms with Gasteiger partial charge in [0, 0.05) is 6.54 Å². The van der Waals surface area contributed by atoms with Crippen LogP contribution < -0.4 is 16.6 Å². The van der Waals surface area contributed by atoms with E-state index in [1.807, 2.05) is 37.3 Å². The second-order valence-corrected chi connectivity index (χ2v) is 5.70. The van der Waals surface area contributed by atoms with Crippen LogP contribution in [0.5, 0.6) is 0 Å². The quantitative estimate of drug-likeness (QED) is 0.801. The highest BCUT2D eigenvalue weighted by molar-refractivity contribution is 5.96. The predicted molar refractivity (Wildman–Crippen MR) is 86.9 cm³/mol. The monoisotopic (exact) mass is 325 g/mol. The highest BCUT2D eigenvalue weighted by Gasteiger charge is 2.41. The van der Waals surface area contributed by atoms with Crippen molar-refractivity contribution in [1.82, 2.24) is 9.55 Å². The molecule has 0 spiro atoms. The maximum Gasteiger partial charge on any atom is 0.337 e. The first-order valence-corrected chi connectivity index (χ1v) is 7.71. The molecule has 0 unspecified atom stereocenters. The summed E-state index contributed by atoms with van der Waals surface area (Å²) in [6, 6.07) is 9.28. The zero-order valence-corrected chi connectivity index (χ0v) is 13.0. The van der Waals surface area contributed by atoms with Crippen molar-refractivity contribution in [3.8, 4) is 0 Å². The van der Waals surface area contributed by atoms with Crippen molar-refractivity contribution in [2.45, 2.75) is 19.4 Å². The van der Waals surface area contributed by atoms with E-state index in [-0.39, 0.29) is 6.61 Å². The molecule has 0 saturated carbocycles. The fourth-order valence-corrected chi connectivity index (χ4v) is 3.37. The number of carbonyl (C=O) groups excluding carboxylic acids is 1. The van der Waals surface area contributed by atoms with Crippen LogP contribution in [0.4, 0.5) is 5.82 Å². The van der Waals surface area contributed by atoms with E-state index in [9.17, 15) is 14.4 Å². The second kappa shape index (κ2) is 5.23. The number of fused-ring (bicyclic) bond motifs is 1. The lowest BCUT2D eigenvalue weighted by Crippen LogP contribution is -2.38. The van der Waals surface area contributed by atoms with Gasteiger partial charge < -0.3 is 10.1 Å². The van der Waals surface area contributed by atoms with Crippen molar-refractivity contribution in [3.63, 3.8) is 0 Å². The summed E-state index contributed by atoms with van der Waals surface area (Å²) in [6.07, 6.45) is 0. The Labute approximate surface area is 136 Å². The van der Waals surface area contributed by atoms with Gasteiger partial charge >= 0.3 is 11.7 Å². The summed E-state index contributed by atoms with van der Waals surface area (Å²) in [5.41, 5.74) is 1.23. The van der Waals surface area contributed by atoms with Gasteiger partial charge in [0.25, 0.3) is 5.56 Å². The normalized spacial score (nSPS) is 18.7. The molecule has 0 radical (unpaired) electrons. The Balaban J connectivity index is 2.07. The van der Waals surface area contributed by atoms with Crippen molar-refractivity contribution >= 4 is 11.8 Å². The fourth-order valence-electron chi connectivity index (χ4n) is 3.37. The van der Waals surface area contributed by atoms with Crippen LogP contribution in [-0.2, 0) is 16.1 Å². The average Bonchev–Trinajstić information content (AvgIpc) is 2.95. The van der Waals surface area contributed by atoms with Gasteiger partial charge in [0.15, 0.2) is 0 Å². The van der Waals surface area contributed by atoms with Crippen LogP contribution in [0.1, 0.15) is 24.0 Å². The van der Waals surface area contributed by atoms with Crippen LogP contribution in [0.15, 0.2) is 51.2 Å². The number of rotatable bonds is 2. The van der Waals surface area contributed by atoms with Gasteiger partial charge in [0.05, 0.1) is 22.8 Å². The second-order valence-electron chi connectivity index (χ2n) is 5.70. The Morgan fingerprint density at radius 1 is 1.21 bits per heavy atom. The smallest absolute Gasteiger partial charge is 0.337 e. The number of hydrogen-bond donors (Lipinski definition) is 2. The molecular weight excluding hydrogens is 310 g/mol. The number of cyclic esters (lactones) is 1. The van der Waals surface area contributed by atoms with E-state index in [0.717, 1.165) is 5.56 Å². The molecule has 1 atom stereocenters. The molecule has 122 valence electrons. The van der Waals surface area contributed by atoms with Gasteiger partial charge in [-0.25, -0.2) is 9.59 Å². The van der Waals surface area contributed by atoms with Crippen LogP contribution in [0.25, 0.3) is 0 Å². The number of ether oxygens (including phenoxy) is 1. The van der Waals surface area contributed by atoms with Crippen LogP contribution in [0, 0.1) is 0 Å². The molecule has 0 fully saturated rings. The Hall–Kier alpha value is -3.09. The molecule has 24 heavy (non-hydrogen) atoms. The molecule has 0 bridgehead atoms. The van der Waals surface area contributed by atoms with E-state index in [2.05, 4.69) is 10.3 Å². The molecule has 0 aliphatic carbocycles. The molecule has 0 amide bonds. The van der Waals surface area contributed by atoms with E-state index < -0.39 is 23.1 Å². The fraction of sp³-hybridized carbons (Fsp3) is 0.235. The lowest BCUT2D eigenvalue weighted by molar-refractivity contribution is -0.136. The van der Waals surface area contributed by atoms with E-state index in [1.165, 1.54) is 4.57 Å². The number of carbonyl (C=O) groups is 1. The molecule has 7 heteroatoms. The van der Waals surface area contributed by atoms with Crippen LogP contribution in [-0.4, -0.2) is 22.1 Å². The average molecular weight is 325 g/mol. The highest BCUT2D eigenvalue weighted by atomic mass is 16.5. The SMILES string of the molecule is CCn1c2c(c(=O)[nH]c1=O)[C@H](c1ccccc1)C1=C(COC1=O)N2. The number of aromatic amines is 1. The minimum Gasteiger partial charge on any atom is -0.456 e. The Morgan fingerprint density at radius 3 is 2.67 bits per heavy atom. The summed E-state index contributed by atoms with van der Waals surface area (Å²) in [5.74, 6) is -0.572. The third-order valence-corrected chi connectivity index (χ3v) is 4.42. The standard InChI is InChI=1S/C17H15N3O4/c1-2-20-14-13(15(21)19-17(20)23)11(9-6-4-3-5-7-9)12-10(18-14)8-24-16(12)22/h3-7,11,18H,2,8H2,1H3,(H,19,21,23)/t11-/m1/s1. The van der Waals surface area contributed by atoms with Crippen LogP contribution in [0.3, 0.4) is 0 Å². The first-order valence-electron chi connectivity index (χ1n) is 7.71. The number of aromatic nitrogens is 2. The molecule has 1 aromatic heterocycles. The van der Waals surface area contributed by atoms with E-state index in [4.69, 9.17) is 4.74 Å². The molecule has 7 nitrogen and oxygen atoms in total. The summed E-state index contributed by atoms with van der Waals surface area (Å²) in [7, 11) is 0. The van der Waals surface area contributed by atoms with E-state index in [1.54, 1.807) is 0 Å². The van der Waals surface area contributed by atoms with Crippen molar-refractivity contribution in [2.24, 2.45) is 0 Å². The number of anilines is 1. The molecule has 3 heterocycles. The van der Waals surface area contributed by atoms with Gasteiger partial charge in [0.2, 0.25) is 0 Å². The van der Waals surface area contributed by atoms with Gasteiger partial charge in [-0.15, -0.1) is 0 Å². The maximum absolute atomic E-state index is 12.5.